The standard InChI is InChI=1S/C13H19NO3/c14-9-12(15)10-4-3-5-11(8-10)17-13-6-1-2-7-16-13/h3-5,8,12-13,15H,1-2,6-7,9,14H2. The Bertz CT molecular complexity index is 350. The van der Waals surface area contributed by atoms with Crippen molar-refractivity contribution in [1.82, 2.24) is 0 Å². The number of aliphatic hydroxyl groups excluding tert-OH is 1. The van der Waals surface area contributed by atoms with Crippen LogP contribution in [0, 0.1) is 0 Å². The van der Waals surface area contributed by atoms with Crippen LogP contribution in [0.3, 0.4) is 0 Å². The molecule has 3 N–H and O–H groups in total. The summed E-state index contributed by atoms with van der Waals surface area (Å²) >= 11 is 0. The molecule has 2 unspecified atom stereocenters. The minimum absolute atomic E-state index is 0.158. The minimum atomic E-state index is -0.633. The minimum Gasteiger partial charge on any atom is -0.465 e. The van der Waals surface area contributed by atoms with Gasteiger partial charge < -0.3 is 20.3 Å². The number of hydrogen-bond donors (Lipinski definition) is 2. The average Bonchev–Trinajstić information content (AvgIpc) is 2.39. The van der Waals surface area contributed by atoms with E-state index >= 15 is 0 Å². The molecular weight excluding hydrogens is 218 g/mol. The van der Waals surface area contributed by atoms with Crippen molar-refractivity contribution < 1.29 is 14.6 Å². The highest BCUT2D eigenvalue weighted by Crippen LogP contribution is 2.22. The van der Waals surface area contributed by atoms with Crippen LogP contribution in [0.4, 0.5) is 0 Å². The summed E-state index contributed by atoms with van der Waals surface area (Å²) in [6.45, 7) is 0.971. The zero-order valence-corrected chi connectivity index (χ0v) is 9.84. The van der Waals surface area contributed by atoms with Crippen LogP contribution in [0.25, 0.3) is 0 Å². The topological polar surface area (TPSA) is 64.7 Å². The molecule has 1 heterocycles. The SMILES string of the molecule is NCC(O)c1cccc(OC2CCCCO2)c1. The number of benzene rings is 1. The van der Waals surface area contributed by atoms with Gasteiger partial charge in [-0.3, -0.25) is 0 Å². The third-order valence-corrected chi connectivity index (χ3v) is 2.87. The molecule has 1 aliphatic heterocycles. The molecule has 2 atom stereocenters. The Morgan fingerprint density at radius 3 is 3.06 bits per heavy atom. The molecule has 2 rings (SSSR count). The maximum Gasteiger partial charge on any atom is 0.199 e. The van der Waals surface area contributed by atoms with Crippen LogP contribution in [-0.2, 0) is 4.74 Å². The number of nitrogens with two attached hydrogens (primary N) is 1. The van der Waals surface area contributed by atoms with Gasteiger partial charge in [0.2, 0.25) is 0 Å². The van der Waals surface area contributed by atoms with Crippen molar-refractivity contribution in [1.29, 1.82) is 0 Å². The van der Waals surface area contributed by atoms with Crippen LogP contribution in [0.2, 0.25) is 0 Å². The second kappa shape index (κ2) is 6.00. The fourth-order valence-electron chi connectivity index (χ4n) is 1.89. The van der Waals surface area contributed by atoms with Crippen molar-refractivity contribution in [3.63, 3.8) is 0 Å². The molecule has 1 aromatic rings. The highest BCUT2D eigenvalue weighted by molar-refractivity contribution is 5.30. The van der Waals surface area contributed by atoms with Gasteiger partial charge in [0.25, 0.3) is 0 Å². The maximum atomic E-state index is 9.65. The molecule has 1 aromatic carbocycles. The van der Waals surface area contributed by atoms with Gasteiger partial charge in [0.15, 0.2) is 6.29 Å². The van der Waals surface area contributed by atoms with Crippen molar-refractivity contribution >= 4 is 0 Å². The fourth-order valence-corrected chi connectivity index (χ4v) is 1.89. The zero-order valence-electron chi connectivity index (χ0n) is 9.84. The third-order valence-electron chi connectivity index (χ3n) is 2.87. The van der Waals surface area contributed by atoms with E-state index in [1.165, 1.54) is 0 Å². The van der Waals surface area contributed by atoms with E-state index in [9.17, 15) is 5.11 Å². The zero-order chi connectivity index (χ0) is 12.1. The molecule has 0 bridgehead atoms. The van der Waals surface area contributed by atoms with Crippen LogP contribution < -0.4 is 10.5 Å². The summed E-state index contributed by atoms with van der Waals surface area (Å²) in [4.78, 5) is 0. The fraction of sp³-hybridized carbons (Fsp3) is 0.538. The van der Waals surface area contributed by atoms with Gasteiger partial charge in [-0.1, -0.05) is 12.1 Å². The Morgan fingerprint density at radius 1 is 1.47 bits per heavy atom. The summed E-state index contributed by atoms with van der Waals surface area (Å²) in [5, 5.41) is 9.65. The molecule has 0 saturated carbocycles. The Morgan fingerprint density at radius 2 is 2.35 bits per heavy atom. The summed E-state index contributed by atoms with van der Waals surface area (Å²) in [6, 6.07) is 7.37. The van der Waals surface area contributed by atoms with Gasteiger partial charge in [0, 0.05) is 13.0 Å². The molecule has 1 fully saturated rings. The van der Waals surface area contributed by atoms with Gasteiger partial charge in [-0.15, -0.1) is 0 Å². The highest BCUT2D eigenvalue weighted by atomic mass is 16.7. The van der Waals surface area contributed by atoms with E-state index < -0.39 is 6.10 Å². The summed E-state index contributed by atoms with van der Waals surface area (Å²) in [6.07, 6.45) is 2.37. The van der Waals surface area contributed by atoms with Crippen LogP contribution >= 0.6 is 0 Å². The van der Waals surface area contributed by atoms with Crippen LogP contribution in [0.5, 0.6) is 5.75 Å². The van der Waals surface area contributed by atoms with Crippen LogP contribution in [0.15, 0.2) is 24.3 Å². The summed E-state index contributed by atoms with van der Waals surface area (Å²) in [5.74, 6) is 0.724. The van der Waals surface area contributed by atoms with Gasteiger partial charge >= 0.3 is 0 Å². The highest BCUT2D eigenvalue weighted by Gasteiger charge is 2.15. The lowest BCUT2D eigenvalue weighted by atomic mass is 10.1. The molecule has 0 amide bonds. The first-order valence-corrected chi connectivity index (χ1v) is 6.06. The monoisotopic (exact) mass is 237 g/mol. The van der Waals surface area contributed by atoms with Crippen molar-refractivity contribution in [2.45, 2.75) is 31.7 Å². The molecule has 0 aromatic heterocycles. The number of aliphatic hydroxyl groups is 1. The van der Waals surface area contributed by atoms with Gasteiger partial charge in [0.05, 0.1) is 12.7 Å². The van der Waals surface area contributed by atoms with Crippen molar-refractivity contribution in [2.75, 3.05) is 13.2 Å². The first-order chi connectivity index (χ1) is 8.29. The predicted molar refractivity (Wildman–Crippen MR) is 64.7 cm³/mol. The molecule has 17 heavy (non-hydrogen) atoms. The maximum absolute atomic E-state index is 9.65. The molecule has 1 aliphatic rings. The van der Waals surface area contributed by atoms with E-state index in [4.69, 9.17) is 15.2 Å². The van der Waals surface area contributed by atoms with Crippen molar-refractivity contribution in [2.24, 2.45) is 5.73 Å². The molecule has 0 spiro atoms. The normalized spacial score (nSPS) is 22.1. The van der Waals surface area contributed by atoms with Crippen molar-refractivity contribution in [3.8, 4) is 5.75 Å². The van der Waals surface area contributed by atoms with E-state index in [0.717, 1.165) is 37.2 Å². The number of hydrogen-bond acceptors (Lipinski definition) is 4. The smallest absolute Gasteiger partial charge is 0.199 e. The summed E-state index contributed by atoms with van der Waals surface area (Å²) in [7, 11) is 0. The first-order valence-electron chi connectivity index (χ1n) is 6.06. The van der Waals surface area contributed by atoms with Gasteiger partial charge in [-0.05, 0) is 30.5 Å². The van der Waals surface area contributed by atoms with E-state index in [2.05, 4.69) is 0 Å². The Balaban J connectivity index is 2.00. The van der Waals surface area contributed by atoms with Gasteiger partial charge in [-0.25, -0.2) is 0 Å². The second-order valence-corrected chi connectivity index (χ2v) is 4.24. The lowest BCUT2D eigenvalue weighted by Gasteiger charge is -2.23. The largest absolute Gasteiger partial charge is 0.465 e. The van der Waals surface area contributed by atoms with E-state index in [1.54, 1.807) is 0 Å². The van der Waals surface area contributed by atoms with Crippen LogP contribution in [-0.4, -0.2) is 24.5 Å². The average molecular weight is 237 g/mol. The molecular formula is C13H19NO3. The molecule has 94 valence electrons. The van der Waals surface area contributed by atoms with Gasteiger partial charge in [-0.2, -0.15) is 0 Å². The third kappa shape index (κ3) is 3.43. The first kappa shape index (κ1) is 12.4. The number of ether oxygens (including phenoxy) is 2. The van der Waals surface area contributed by atoms with Gasteiger partial charge in [0.1, 0.15) is 5.75 Å². The Kier molecular flexibility index (Phi) is 4.36. The molecule has 4 nitrogen and oxygen atoms in total. The predicted octanol–water partition coefficient (Wildman–Crippen LogP) is 1.58. The lowest BCUT2D eigenvalue weighted by Crippen LogP contribution is -2.25. The van der Waals surface area contributed by atoms with Crippen LogP contribution in [0.1, 0.15) is 30.9 Å². The summed E-state index contributed by atoms with van der Waals surface area (Å²) < 4.78 is 11.2. The Labute approximate surface area is 101 Å². The quantitative estimate of drug-likeness (QED) is 0.834. The molecule has 4 heteroatoms. The van der Waals surface area contributed by atoms with E-state index in [1.807, 2.05) is 24.3 Å². The molecule has 0 aliphatic carbocycles. The summed E-state index contributed by atoms with van der Waals surface area (Å²) in [5.41, 5.74) is 6.20. The van der Waals surface area contributed by atoms with Crippen molar-refractivity contribution in [3.05, 3.63) is 29.8 Å². The Hall–Kier alpha value is -1.10. The number of rotatable bonds is 4. The second-order valence-electron chi connectivity index (χ2n) is 4.24. The molecule has 1 saturated heterocycles. The lowest BCUT2D eigenvalue weighted by molar-refractivity contribution is -0.105. The molecule has 0 radical (unpaired) electrons. The van der Waals surface area contributed by atoms with E-state index in [0.29, 0.717) is 0 Å². The van der Waals surface area contributed by atoms with E-state index in [-0.39, 0.29) is 12.8 Å².